The molecule has 0 bridgehead atoms. The minimum atomic E-state index is -0.501. The molecule has 0 saturated carbocycles. The highest BCUT2D eigenvalue weighted by Gasteiger charge is 2.29. The van der Waals surface area contributed by atoms with E-state index < -0.39 is 6.10 Å². The first-order chi connectivity index (χ1) is 6.72. The summed E-state index contributed by atoms with van der Waals surface area (Å²) < 4.78 is 12.9. The summed E-state index contributed by atoms with van der Waals surface area (Å²) in [5.41, 5.74) is 1.83. The molecule has 0 aromatic heterocycles. The van der Waals surface area contributed by atoms with E-state index in [0.717, 1.165) is 17.7 Å². The van der Waals surface area contributed by atoms with Gasteiger partial charge in [0.1, 0.15) is 5.82 Å². The van der Waals surface area contributed by atoms with E-state index in [9.17, 15) is 9.50 Å². The Morgan fingerprint density at radius 2 is 2.29 bits per heavy atom. The second-order valence-corrected chi connectivity index (χ2v) is 3.78. The molecular weight excluding hydrogens is 181 g/mol. The van der Waals surface area contributed by atoms with Gasteiger partial charge in [-0.1, -0.05) is 6.07 Å². The van der Waals surface area contributed by atoms with E-state index in [1.807, 2.05) is 7.05 Å². The molecule has 0 radical (unpaired) electrons. The summed E-state index contributed by atoms with van der Waals surface area (Å²) in [6.45, 7) is 0.829. The molecule has 1 aromatic carbocycles. The Morgan fingerprint density at radius 3 is 3.00 bits per heavy atom. The Bertz CT molecular complexity index is 340. The quantitative estimate of drug-likeness (QED) is 0.750. The van der Waals surface area contributed by atoms with Crippen LogP contribution in [0.1, 0.15) is 29.6 Å². The van der Waals surface area contributed by atoms with Gasteiger partial charge in [0.05, 0.1) is 6.10 Å². The number of hydrogen-bond donors (Lipinski definition) is 2. The topological polar surface area (TPSA) is 32.3 Å². The molecule has 76 valence electrons. The highest BCUT2D eigenvalue weighted by Crippen LogP contribution is 2.39. The zero-order chi connectivity index (χ0) is 10.1. The van der Waals surface area contributed by atoms with Crippen LogP contribution in [0.15, 0.2) is 18.2 Å². The van der Waals surface area contributed by atoms with Gasteiger partial charge in [-0.2, -0.15) is 0 Å². The van der Waals surface area contributed by atoms with E-state index in [1.54, 1.807) is 6.07 Å². The van der Waals surface area contributed by atoms with Crippen molar-refractivity contribution in [3.63, 3.8) is 0 Å². The van der Waals surface area contributed by atoms with E-state index in [-0.39, 0.29) is 5.82 Å². The van der Waals surface area contributed by atoms with Gasteiger partial charge >= 0.3 is 0 Å². The summed E-state index contributed by atoms with van der Waals surface area (Å²) in [5, 5.41) is 12.8. The Balaban J connectivity index is 2.34. The number of aliphatic hydroxyl groups excluding tert-OH is 1. The molecular formula is C11H14FNO. The van der Waals surface area contributed by atoms with Gasteiger partial charge in [-0.3, -0.25) is 0 Å². The lowest BCUT2D eigenvalue weighted by atomic mass is 10.0. The average molecular weight is 195 g/mol. The average Bonchev–Trinajstić information content (AvgIpc) is 2.44. The first-order valence-electron chi connectivity index (χ1n) is 4.84. The standard InChI is InChI=1S/C11H14FNO/c1-13-6-7-4-11(14)10-5-8(12)2-3-9(7)10/h2-3,5,7,11,13-14H,4,6H2,1H3. The van der Waals surface area contributed by atoms with Crippen LogP contribution in [0.5, 0.6) is 0 Å². The molecule has 3 heteroatoms. The molecule has 2 nitrogen and oxygen atoms in total. The third-order valence-corrected chi connectivity index (χ3v) is 2.81. The maximum absolute atomic E-state index is 12.9. The van der Waals surface area contributed by atoms with Crippen molar-refractivity contribution in [3.8, 4) is 0 Å². The van der Waals surface area contributed by atoms with Crippen LogP contribution in [-0.2, 0) is 0 Å². The van der Waals surface area contributed by atoms with Gasteiger partial charge in [-0.05, 0) is 42.6 Å². The zero-order valence-electron chi connectivity index (χ0n) is 8.13. The van der Waals surface area contributed by atoms with Crippen LogP contribution >= 0.6 is 0 Å². The van der Waals surface area contributed by atoms with Gasteiger partial charge in [0.15, 0.2) is 0 Å². The molecule has 2 unspecified atom stereocenters. The van der Waals surface area contributed by atoms with Gasteiger partial charge < -0.3 is 10.4 Å². The first-order valence-corrected chi connectivity index (χ1v) is 4.84. The van der Waals surface area contributed by atoms with Crippen LogP contribution in [0.3, 0.4) is 0 Å². The van der Waals surface area contributed by atoms with E-state index in [0.29, 0.717) is 12.3 Å². The van der Waals surface area contributed by atoms with E-state index >= 15 is 0 Å². The fourth-order valence-electron chi connectivity index (χ4n) is 2.17. The van der Waals surface area contributed by atoms with Crippen LogP contribution in [0, 0.1) is 5.82 Å². The summed E-state index contributed by atoms with van der Waals surface area (Å²) in [6.07, 6.45) is 0.193. The number of aliphatic hydroxyl groups is 1. The number of halogens is 1. The number of nitrogens with one attached hydrogen (secondary N) is 1. The normalized spacial score (nSPS) is 25.1. The molecule has 1 aliphatic carbocycles. The van der Waals surface area contributed by atoms with Crippen LogP contribution in [0.2, 0.25) is 0 Å². The molecule has 14 heavy (non-hydrogen) atoms. The molecule has 2 N–H and O–H groups in total. The van der Waals surface area contributed by atoms with Crippen molar-refractivity contribution >= 4 is 0 Å². The van der Waals surface area contributed by atoms with Crippen LogP contribution in [0.25, 0.3) is 0 Å². The molecule has 0 spiro atoms. The van der Waals surface area contributed by atoms with Gasteiger partial charge in [0, 0.05) is 6.54 Å². The molecule has 0 amide bonds. The Kier molecular flexibility index (Phi) is 2.52. The summed E-state index contributed by atoms with van der Waals surface area (Å²) in [4.78, 5) is 0. The van der Waals surface area contributed by atoms with Crippen LogP contribution in [-0.4, -0.2) is 18.7 Å². The SMILES string of the molecule is CNCC1CC(O)c2cc(F)ccc21. The molecule has 0 saturated heterocycles. The Hall–Kier alpha value is -0.930. The molecule has 0 fully saturated rings. The van der Waals surface area contributed by atoms with Crippen molar-refractivity contribution < 1.29 is 9.50 Å². The van der Waals surface area contributed by atoms with Crippen molar-refractivity contribution in [2.45, 2.75) is 18.4 Å². The largest absolute Gasteiger partial charge is 0.388 e. The molecule has 2 rings (SSSR count). The minimum Gasteiger partial charge on any atom is -0.388 e. The monoisotopic (exact) mass is 195 g/mol. The van der Waals surface area contributed by atoms with Crippen LogP contribution < -0.4 is 5.32 Å². The lowest BCUT2D eigenvalue weighted by Gasteiger charge is -2.09. The fraction of sp³-hybridized carbons (Fsp3) is 0.455. The van der Waals surface area contributed by atoms with Gasteiger partial charge in [-0.15, -0.1) is 0 Å². The number of rotatable bonds is 2. The lowest BCUT2D eigenvalue weighted by molar-refractivity contribution is 0.172. The number of benzene rings is 1. The highest BCUT2D eigenvalue weighted by atomic mass is 19.1. The van der Waals surface area contributed by atoms with Crippen molar-refractivity contribution in [3.05, 3.63) is 35.1 Å². The molecule has 1 aromatic rings. The minimum absolute atomic E-state index is 0.270. The Morgan fingerprint density at radius 1 is 1.50 bits per heavy atom. The van der Waals surface area contributed by atoms with Gasteiger partial charge in [0.25, 0.3) is 0 Å². The lowest BCUT2D eigenvalue weighted by Crippen LogP contribution is -2.15. The van der Waals surface area contributed by atoms with Crippen LogP contribution in [0.4, 0.5) is 4.39 Å². The maximum atomic E-state index is 12.9. The van der Waals surface area contributed by atoms with E-state index in [1.165, 1.54) is 12.1 Å². The zero-order valence-corrected chi connectivity index (χ0v) is 8.13. The number of fused-ring (bicyclic) bond motifs is 1. The molecule has 0 heterocycles. The van der Waals surface area contributed by atoms with Gasteiger partial charge in [-0.25, -0.2) is 4.39 Å². The second kappa shape index (κ2) is 3.67. The molecule has 1 aliphatic rings. The third kappa shape index (κ3) is 1.53. The van der Waals surface area contributed by atoms with Gasteiger partial charge in [0.2, 0.25) is 0 Å². The summed E-state index contributed by atoms with van der Waals surface area (Å²) in [5.74, 6) is 0.0403. The summed E-state index contributed by atoms with van der Waals surface area (Å²) in [7, 11) is 1.88. The highest BCUT2D eigenvalue weighted by molar-refractivity contribution is 5.37. The maximum Gasteiger partial charge on any atom is 0.123 e. The Labute approximate surface area is 82.8 Å². The molecule has 0 aliphatic heterocycles. The van der Waals surface area contributed by atoms with Crippen molar-refractivity contribution in [1.82, 2.24) is 5.32 Å². The smallest absolute Gasteiger partial charge is 0.123 e. The molecule has 2 atom stereocenters. The fourth-order valence-corrected chi connectivity index (χ4v) is 2.17. The summed E-state index contributed by atoms with van der Waals surface area (Å²) in [6, 6.07) is 4.68. The van der Waals surface area contributed by atoms with Crippen molar-refractivity contribution in [2.24, 2.45) is 0 Å². The first kappa shape index (κ1) is 9.62. The predicted molar refractivity (Wildman–Crippen MR) is 52.6 cm³/mol. The van der Waals surface area contributed by atoms with E-state index in [2.05, 4.69) is 5.32 Å². The van der Waals surface area contributed by atoms with Crippen molar-refractivity contribution in [1.29, 1.82) is 0 Å². The second-order valence-electron chi connectivity index (χ2n) is 3.78. The number of likely N-dealkylation sites (N-methyl/N-ethyl adjacent to an activating group) is 1. The third-order valence-electron chi connectivity index (χ3n) is 2.81. The predicted octanol–water partition coefficient (Wildman–Crippen LogP) is 1.57. The van der Waals surface area contributed by atoms with Crippen molar-refractivity contribution in [2.75, 3.05) is 13.6 Å². The van der Waals surface area contributed by atoms with E-state index in [4.69, 9.17) is 0 Å². The summed E-state index contributed by atoms with van der Waals surface area (Å²) >= 11 is 0. The number of hydrogen-bond acceptors (Lipinski definition) is 2.